The second kappa shape index (κ2) is 6.83. The molecule has 0 spiro atoms. The van der Waals surface area contributed by atoms with Crippen LogP contribution in [0, 0.1) is 11.6 Å². The first-order valence-electron chi connectivity index (χ1n) is 6.52. The van der Waals surface area contributed by atoms with Crippen LogP contribution in [0.15, 0.2) is 41.3 Å². The van der Waals surface area contributed by atoms with E-state index in [1.807, 2.05) is 0 Å². The summed E-state index contributed by atoms with van der Waals surface area (Å²) in [5.41, 5.74) is -0.0281. The lowest BCUT2D eigenvalue weighted by Gasteiger charge is -2.13. The Hall–Kier alpha value is -2.68. The molecule has 0 amide bonds. The number of carbonyl (C=O) groups is 1. The van der Waals surface area contributed by atoms with Gasteiger partial charge in [0.05, 0.1) is 25.5 Å². The van der Waals surface area contributed by atoms with Gasteiger partial charge in [0, 0.05) is 6.07 Å². The van der Waals surface area contributed by atoms with Crippen molar-refractivity contribution in [2.24, 2.45) is 0 Å². The molecule has 0 aliphatic carbocycles. The number of nitrogens with one attached hydrogen (secondary N) is 1. The van der Waals surface area contributed by atoms with Crippen molar-refractivity contribution in [3.05, 3.63) is 53.6 Å². The molecule has 9 heteroatoms. The van der Waals surface area contributed by atoms with Crippen LogP contribution in [-0.4, -0.2) is 28.6 Å². The van der Waals surface area contributed by atoms with E-state index in [0.717, 1.165) is 12.1 Å². The molecular formula is C15H13F2NO5S. The summed E-state index contributed by atoms with van der Waals surface area (Å²) < 4.78 is 63.0. The molecular weight excluding hydrogens is 344 g/mol. The van der Waals surface area contributed by atoms with E-state index in [1.165, 1.54) is 32.4 Å². The monoisotopic (exact) mass is 357 g/mol. The minimum absolute atomic E-state index is 0.0654. The van der Waals surface area contributed by atoms with Crippen LogP contribution in [0.4, 0.5) is 14.5 Å². The van der Waals surface area contributed by atoms with Gasteiger partial charge in [0.25, 0.3) is 10.0 Å². The maximum atomic E-state index is 13.7. The van der Waals surface area contributed by atoms with Crippen molar-refractivity contribution in [3.8, 4) is 5.75 Å². The third kappa shape index (κ3) is 3.62. The Balaban J connectivity index is 2.46. The van der Waals surface area contributed by atoms with Gasteiger partial charge in [-0.25, -0.2) is 22.0 Å². The van der Waals surface area contributed by atoms with E-state index in [2.05, 4.69) is 9.46 Å². The van der Waals surface area contributed by atoms with Gasteiger partial charge in [-0.15, -0.1) is 0 Å². The van der Waals surface area contributed by atoms with Gasteiger partial charge in [-0.05, 0) is 30.3 Å². The fourth-order valence-electron chi connectivity index (χ4n) is 1.93. The average molecular weight is 357 g/mol. The Kier molecular flexibility index (Phi) is 5.03. The third-order valence-electron chi connectivity index (χ3n) is 3.05. The number of hydrogen-bond acceptors (Lipinski definition) is 5. The summed E-state index contributed by atoms with van der Waals surface area (Å²) in [5.74, 6) is -2.73. The quantitative estimate of drug-likeness (QED) is 0.832. The first-order valence-corrected chi connectivity index (χ1v) is 8.01. The Morgan fingerprint density at radius 1 is 1.08 bits per heavy atom. The van der Waals surface area contributed by atoms with Crippen LogP contribution >= 0.6 is 0 Å². The maximum Gasteiger partial charge on any atom is 0.337 e. The van der Waals surface area contributed by atoms with Crippen LogP contribution < -0.4 is 9.46 Å². The summed E-state index contributed by atoms with van der Waals surface area (Å²) in [6.45, 7) is 0. The van der Waals surface area contributed by atoms with E-state index in [9.17, 15) is 22.0 Å². The molecule has 0 aromatic heterocycles. The highest BCUT2D eigenvalue weighted by Gasteiger charge is 2.22. The molecule has 1 N–H and O–H groups in total. The smallest absolute Gasteiger partial charge is 0.337 e. The molecule has 0 saturated carbocycles. The van der Waals surface area contributed by atoms with Crippen molar-refractivity contribution in [3.63, 3.8) is 0 Å². The largest absolute Gasteiger partial charge is 0.495 e. The molecule has 0 aliphatic rings. The molecule has 0 unspecified atom stereocenters. The van der Waals surface area contributed by atoms with Crippen LogP contribution in [0.3, 0.4) is 0 Å². The van der Waals surface area contributed by atoms with Crippen LogP contribution in [0.5, 0.6) is 5.75 Å². The van der Waals surface area contributed by atoms with Crippen molar-refractivity contribution in [2.75, 3.05) is 18.9 Å². The van der Waals surface area contributed by atoms with Crippen molar-refractivity contribution < 1.29 is 31.5 Å². The van der Waals surface area contributed by atoms with Gasteiger partial charge in [0.1, 0.15) is 22.3 Å². The predicted molar refractivity (Wildman–Crippen MR) is 81.5 cm³/mol. The molecule has 0 aliphatic heterocycles. The Morgan fingerprint density at radius 2 is 1.79 bits per heavy atom. The number of benzene rings is 2. The van der Waals surface area contributed by atoms with Gasteiger partial charge in [0.2, 0.25) is 0 Å². The topological polar surface area (TPSA) is 81.7 Å². The molecule has 0 saturated heterocycles. The van der Waals surface area contributed by atoms with Crippen molar-refractivity contribution >= 4 is 21.7 Å². The van der Waals surface area contributed by atoms with E-state index in [4.69, 9.17) is 4.74 Å². The van der Waals surface area contributed by atoms with Crippen LogP contribution in [-0.2, 0) is 14.8 Å². The highest BCUT2D eigenvalue weighted by molar-refractivity contribution is 7.92. The normalized spacial score (nSPS) is 11.0. The average Bonchev–Trinajstić information content (AvgIpc) is 2.53. The molecule has 24 heavy (non-hydrogen) atoms. The van der Waals surface area contributed by atoms with E-state index in [-0.39, 0.29) is 17.0 Å². The zero-order valence-corrected chi connectivity index (χ0v) is 13.5. The van der Waals surface area contributed by atoms with Gasteiger partial charge >= 0.3 is 5.97 Å². The lowest BCUT2D eigenvalue weighted by molar-refractivity contribution is 0.0600. The van der Waals surface area contributed by atoms with E-state index in [1.54, 1.807) is 0 Å². The summed E-state index contributed by atoms with van der Waals surface area (Å²) in [4.78, 5) is 10.8. The van der Waals surface area contributed by atoms with Crippen LogP contribution in [0.2, 0.25) is 0 Å². The summed E-state index contributed by atoms with van der Waals surface area (Å²) in [6.07, 6.45) is 0. The lowest BCUT2D eigenvalue weighted by Crippen LogP contribution is -2.16. The molecule has 0 bridgehead atoms. The Morgan fingerprint density at radius 3 is 2.38 bits per heavy atom. The second-order valence-corrected chi connectivity index (χ2v) is 6.24. The number of hydrogen-bond donors (Lipinski definition) is 1. The third-order valence-corrected chi connectivity index (χ3v) is 4.45. The summed E-state index contributed by atoms with van der Waals surface area (Å²) in [6, 6.07) is 5.98. The number of ether oxygens (including phenoxy) is 2. The van der Waals surface area contributed by atoms with Crippen LogP contribution in [0.1, 0.15) is 10.4 Å². The highest BCUT2D eigenvalue weighted by atomic mass is 32.2. The number of methoxy groups -OCH3 is 2. The number of halogens is 2. The standard InChI is InChI=1S/C15H13F2NO5S/c1-22-13-5-3-9(15(19)23-2)7-12(13)18-24(20,21)14-6-4-10(16)8-11(14)17/h3-8,18H,1-2H3. The summed E-state index contributed by atoms with van der Waals surface area (Å²) >= 11 is 0. The van der Waals surface area contributed by atoms with Gasteiger partial charge in [-0.3, -0.25) is 4.72 Å². The zero-order chi connectivity index (χ0) is 17.9. The molecule has 6 nitrogen and oxygen atoms in total. The number of carbonyl (C=O) groups excluding carboxylic acids is 1. The fourth-order valence-corrected chi connectivity index (χ4v) is 3.05. The van der Waals surface area contributed by atoms with E-state index < -0.39 is 32.5 Å². The van der Waals surface area contributed by atoms with Crippen molar-refractivity contribution in [2.45, 2.75) is 4.90 Å². The van der Waals surface area contributed by atoms with Gasteiger partial charge in [-0.1, -0.05) is 0 Å². The fraction of sp³-hybridized carbons (Fsp3) is 0.133. The molecule has 2 aromatic rings. The number of anilines is 1. The number of rotatable bonds is 5. The first kappa shape index (κ1) is 17.7. The maximum absolute atomic E-state index is 13.7. The SMILES string of the molecule is COC(=O)c1ccc(OC)c(NS(=O)(=O)c2ccc(F)cc2F)c1. The second-order valence-electron chi connectivity index (χ2n) is 4.59. The molecule has 0 fully saturated rings. The van der Waals surface area contributed by atoms with E-state index in [0.29, 0.717) is 6.07 Å². The first-order chi connectivity index (χ1) is 11.3. The molecule has 2 rings (SSSR count). The van der Waals surface area contributed by atoms with Crippen molar-refractivity contribution in [1.82, 2.24) is 0 Å². The van der Waals surface area contributed by atoms with E-state index >= 15 is 0 Å². The van der Waals surface area contributed by atoms with Gasteiger partial charge < -0.3 is 9.47 Å². The zero-order valence-electron chi connectivity index (χ0n) is 12.7. The Labute approximate surface area is 137 Å². The molecule has 0 atom stereocenters. The van der Waals surface area contributed by atoms with Gasteiger partial charge in [0.15, 0.2) is 0 Å². The predicted octanol–water partition coefficient (Wildman–Crippen LogP) is 2.56. The highest BCUT2D eigenvalue weighted by Crippen LogP contribution is 2.29. The minimum atomic E-state index is -4.37. The van der Waals surface area contributed by atoms with Crippen LogP contribution in [0.25, 0.3) is 0 Å². The van der Waals surface area contributed by atoms with Crippen molar-refractivity contribution in [1.29, 1.82) is 0 Å². The minimum Gasteiger partial charge on any atom is -0.495 e. The summed E-state index contributed by atoms with van der Waals surface area (Å²) in [5, 5.41) is 0. The van der Waals surface area contributed by atoms with Gasteiger partial charge in [-0.2, -0.15) is 0 Å². The molecule has 0 heterocycles. The summed E-state index contributed by atoms with van der Waals surface area (Å²) in [7, 11) is -1.90. The lowest BCUT2D eigenvalue weighted by atomic mass is 10.2. The number of esters is 1. The molecule has 0 radical (unpaired) electrons. The molecule has 128 valence electrons. The number of sulfonamides is 1. The molecule has 2 aromatic carbocycles. The Bertz CT molecular complexity index is 883.